The predicted molar refractivity (Wildman–Crippen MR) is 115 cm³/mol. The molecule has 152 valence electrons. The molecule has 0 atom stereocenters. The first-order valence-corrected chi connectivity index (χ1v) is 10.1. The summed E-state index contributed by atoms with van der Waals surface area (Å²) in [4.78, 5) is 6.69. The lowest BCUT2D eigenvalue weighted by Gasteiger charge is -2.26. The molecule has 6 nitrogen and oxygen atoms in total. The van der Waals surface area contributed by atoms with Crippen LogP contribution < -0.4 is 10.6 Å². The molecule has 1 aliphatic heterocycles. The molecule has 8 heteroatoms. The molecule has 0 unspecified atom stereocenters. The Morgan fingerprint density at radius 3 is 2.32 bits per heavy atom. The van der Waals surface area contributed by atoms with E-state index in [1.54, 1.807) is 7.05 Å². The molecule has 0 bridgehead atoms. The minimum Gasteiger partial charge on any atom is -0.379 e. The van der Waals surface area contributed by atoms with Crippen LogP contribution in [0.1, 0.15) is 16.8 Å². The number of aliphatic imine (C=N–C) groups is 1. The lowest BCUT2D eigenvalue weighted by Crippen LogP contribution is -2.36. The molecule has 2 heterocycles. The second kappa shape index (κ2) is 10.2. The molecule has 0 spiro atoms. The van der Waals surface area contributed by atoms with E-state index >= 15 is 0 Å². The van der Waals surface area contributed by atoms with Crippen LogP contribution in [0.25, 0.3) is 0 Å². The number of benzene rings is 1. The van der Waals surface area contributed by atoms with Gasteiger partial charge in [-0.3, -0.25) is 9.89 Å². The standard InChI is InChI=1S/C20H27Cl2N5O/c1-23-20(25-13-17-11-18(21)19(22)26(17)2)24-12-15-3-5-16(6-4-15)14-27-7-9-28-10-8-27/h3-6,11H,7-10,12-14H2,1-2H3,(H2,23,24,25). The molecule has 2 N–H and O–H groups in total. The van der Waals surface area contributed by atoms with Gasteiger partial charge < -0.3 is 19.9 Å². The zero-order valence-corrected chi connectivity index (χ0v) is 17.9. The molecule has 0 aliphatic carbocycles. The fourth-order valence-electron chi connectivity index (χ4n) is 3.12. The van der Waals surface area contributed by atoms with Gasteiger partial charge in [0.1, 0.15) is 5.15 Å². The van der Waals surface area contributed by atoms with E-state index in [0.717, 1.165) is 44.5 Å². The van der Waals surface area contributed by atoms with E-state index in [1.165, 1.54) is 11.1 Å². The summed E-state index contributed by atoms with van der Waals surface area (Å²) in [5, 5.41) is 7.72. The van der Waals surface area contributed by atoms with Gasteiger partial charge >= 0.3 is 0 Å². The first-order chi connectivity index (χ1) is 13.6. The SMILES string of the molecule is CN=C(NCc1ccc(CN2CCOCC2)cc1)NCc1cc(Cl)c(Cl)n1C. The second-order valence-electron chi connectivity index (χ2n) is 6.82. The van der Waals surface area contributed by atoms with E-state index in [0.29, 0.717) is 23.3 Å². The van der Waals surface area contributed by atoms with Crippen LogP contribution in [0.3, 0.4) is 0 Å². The maximum atomic E-state index is 6.11. The van der Waals surface area contributed by atoms with Crippen LogP contribution in [-0.2, 0) is 31.4 Å². The highest BCUT2D eigenvalue weighted by atomic mass is 35.5. The van der Waals surface area contributed by atoms with Crippen LogP contribution in [0, 0.1) is 0 Å². The Morgan fingerprint density at radius 2 is 1.71 bits per heavy atom. The van der Waals surface area contributed by atoms with Gasteiger partial charge in [0.2, 0.25) is 0 Å². The van der Waals surface area contributed by atoms with Crippen molar-refractivity contribution in [3.8, 4) is 0 Å². The lowest BCUT2D eigenvalue weighted by molar-refractivity contribution is 0.0342. The third-order valence-electron chi connectivity index (χ3n) is 4.87. The zero-order valence-electron chi connectivity index (χ0n) is 16.3. The van der Waals surface area contributed by atoms with Crippen molar-refractivity contribution in [3.05, 3.63) is 57.3 Å². The van der Waals surface area contributed by atoms with Gasteiger partial charge in [-0.05, 0) is 17.2 Å². The van der Waals surface area contributed by atoms with Crippen molar-refractivity contribution in [2.75, 3.05) is 33.4 Å². The van der Waals surface area contributed by atoms with Gasteiger partial charge in [0.25, 0.3) is 0 Å². The first kappa shape index (κ1) is 21.0. The summed E-state index contributed by atoms with van der Waals surface area (Å²) in [6.45, 7) is 5.92. The van der Waals surface area contributed by atoms with Gasteiger partial charge in [0, 0.05) is 46.0 Å². The smallest absolute Gasteiger partial charge is 0.191 e. The Bertz CT molecular complexity index is 798. The topological polar surface area (TPSA) is 53.8 Å². The number of aromatic nitrogens is 1. The van der Waals surface area contributed by atoms with E-state index in [2.05, 4.69) is 44.8 Å². The molecular weight excluding hydrogens is 397 g/mol. The maximum absolute atomic E-state index is 6.11. The largest absolute Gasteiger partial charge is 0.379 e. The highest BCUT2D eigenvalue weighted by molar-refractivity contribution is 6.41. The van der Waals surface area contributed by atoms with Gasteiger partial charge in [0.15, 0.2) is 5.96 Å². The number of halogens is 2. The normalized spacial score (nSPS) is 15.6. The maximum Gasteiger partial charge on any atom is 0.191 e. The highest BCUT2D eigenvalue weighted by Crippen LogP contribution is 2.24. The summed E-state index contributed by atoms with van der Waals surface area (Å²) in [6.07, 6.45) is 0. The average Bonchev–Trinajstić information content (AvgIpc) is 2.97. The van der Waals surface area contributed by atoms with E-state index in [-0.39, 0.29) is 0 Å². The van der Waals surface area contributed by atoms with Crippen LogP contribution in [0.5, 0.6) is 0 Å². The highest BCUT2D eigenvalue weighted by Gasteiger charge is 2.11. The van der Waals surface area contributed by atoms with Crippen LogP contribution >= 0.6 is 23.2 Å². The molecule has 1 aliphatic rings. The first-order valence-electron chi connectivity index (χ1n) is 9.39. The van der Waals surface area contributed by atoms with Gasteiger partial charge in [0.05, 0.1) is 24.8 Å². The number of nitrogens with one attached hydrogen (secondary N) is 2. The number of hydrogen-bond donors (Lipinski definition) is 2. The third kappa shape index (κ3) is 5.64. The van der Waals surface area contributed by atoms with Crippen molar-refractivity contribution in [1.29, 1.82) is 0 Å². The molecule has 1 saturated heterocycles. The van der Waals surface area contributed by atoms with Crippen LogP contribution in [0.2, 0.25) is 10.2 Å². The molecule has 0 radical (unpaired) electrons. The van der Waals surface area contributed by atoms with Crippen molar-refractivity contribution >= 4 is 29.2 Å². The van der Waals surface area contributed by atoms with Crippen molar-refractivity contribution in [2.24, 2.45) is 12.0 Å². The summed E-state index contributed by atoms with van der Waals surface area (Å²) >= 11 is 12.2. The Kier molecular flexibility index (Phi) is 7.62. The Hall–Kier alpha value is -1.73. The summed E-state index contributed by atoms with van der Waals surface area (Å²) in [5.74, 6) is 0.728. The van der Waals surface area contributed by atoms with Gasteiger partial charge in [-0.15, -0.1) is 0 Å². The summed E-state index contributed by atoms with van der Waals surface area (Å²) in [7, 11) is 3.64. The molecule has 0 amide bonds. The lowest BCUT2D eigenvalue weighted by atomic mass is 10.1. The Morgan fingerprint density at radius 1 is 1.07 bits per heavy atom. The summed E-state index contributed by atoms with van der Waals surface area (Å²) in [5.41, 5.74) is 3.52. The Balaban J connectivity index is 1.47. The predicted octanol–water partition coefficient (Wildman–Crippen LogP) is 3.03. The number of nitrogens with zero attached hydrogens (tertiary/aromatic N) is 3. The van der Waals surface area contributed by atoms with Crippen molar-refractivity contribution < 1.29 is 4.74 Å². The average molecular weight is 424 g/mol. The van der Waals surface area contributed by atoms with Gasteiger partial charge in [-0.1, -0.05) is 47.5 Å². The molecule has 2 aromatic rings. The summed E-state index contributed by atoms with van der Waals surface area (Å²) < 4.78 is 7.26. The van der Waals surface area contributed by atoms with Crippen LogP contribution in [0.15, 0.2) is 35.3 Å². The van der Waals surface area contributed by atoms with E-state index in [9.17, 15) is 0 Å². The fourth-order valence-corrected chi connectivity index (χ4v) is 3.54. The van der Waals surface area contributed by atoms with E-state index in [4.69, 9.17) is 27.9 Å². The Labute approximate surface area is 176 Å². The second-order valence-corrected chi connectivity index (χ2v) is 7.58. The minimum absolute atomic E-state index is 0.540. The molecule has 28 heavy (non-hydrogen) atoms. The molecule has 1 aromatic carbocycles. The van der Waals surface area contributed by atoms with Crippen LogP contribution in [0.4, 0.5) is 0 Å². The zero-order chi connectivity index (χ0) is 19.9. The van der Waals surface area contributed by atoms with Gasteiger partial charge in [-0.25, -0.2) is 0 Å². The van der Waals surface area contributed by atoms with Crippen LogP contribution in [-0.4, -0.2) is 48.8 Å². The quantitative estimate of drug-likeness (QED) is 0.553. The monoisotopic (exact) mass is 423 g/mol. The van der Waals surface area contributed by atoms with E-state index in [1.807, 2.05) is 17.7 Å². The molecule has 0 saturated carbocycles. The summed E-state index contributed by atoms with van der Waals surface area (Å²) in [6, 6.07) is 10.6. The van der Waals surface area contributed by atoms with E-state index < -0.39 is 0 Å². The van der Waals surface area contributed by atoms with Gasteiger partial charge in [-0.2, -0.15) is 0 Å². The van der Waals surface area contributed by atoms with Crippen molar-refractivity contribution in [3.63, 3.8) is 0 Å². The molecular formula is C20H27Cl2N5O. The van der Waals surface area contributed by atoms with Crippen molar-refractivity contribution in [1.82, 2.24) is 20.1 Å². The molecule has 3 rings (SSSR count). The fraction of sp³-hybridized carbons (Fsp3) is 0.450. The van der Waals surface area contributed by atoms with Crippen molar-refractivity contribution in [2.45, 2.75) is 19.6 Å². The number of hydrogen-bond acceptors (Lipinski definition) is 3. The minimum atomic E-state index is 0.540. The number of ether oxygens (including phenoxy) is 1. The molecule has 1 aromatic heterocycles. The number of morpholine rings is 1. The third-order valence-corrected chi connectivity index (χ3v) is 5.71. The number of rotatable bonds is 6. The molecule has 1 fully saturated rings. The number of guanidine groups is 1.